The van der Waals surface area contributed by atoms with E-state index in [1.54, 1.807) is 7.05 Å². The van der Waals surface area contributed by atoms with E-state index >= 15 is 0 Å². The van der Waals surface area contributed by atoms with E-state index in [4.69, 9.17) is 0 Å². The summed E-state index contributed by atoms with van der Waals surface area (Å²) in [4.78, 5) is 0. The fraction of sp³-hybridized carbons (Fsp3) is 1.00. The number of hydrogen-bond donors (Lipinski definition) is 1. The predicted molar refractivity (Wildman–Crippen MR) is 62.6 cm³/mol. The van der Waals surface area contributed by atoms with Crippen molar-refractivity contribution in [1.82, 2.24) is 4.31 Å². The molecule has 0 unspecified atom stereocenters. The Kier molecular flexibility index (Phi) is 3.29. The molecular formula is C11H21NO3S. The third kappa shape index (κ3) is 2.96. The Labute approximate surface area is 97.7 Å². The minimum absolute atomic E-state index is 0.263. The molecule has 0 atom stereocenters. The Bertz CT molecular complexity index is 342. The van der Waals surface area contributed by atoms with Crippen molar-refractivity contribution < 1.29 is 13.5 Å². The molecule has 0 aromatic rings. The van der Waals surface area contributed by atoms with E-state index < -0.39 is 15.6 Å². The number of sulfonamides is 1. The summed E-state index contributed by atoms with van der Waals surface area (Å²) in [6.45, 7) is 0.266. The summed E-state index contributed by atoms with van der Waals surface area (Å²) in [5.74, 6) is 0.630. The molecule has 2 fully saturated rings. The number of rotatable bonds is 5. The highest BCUT2D eigenvalue weighted by atomic mass is 32.2. The van der Waals surface area contributed by atoms with Crippen LogP contribution in [0.2, 0.25) is 0 Å². The lowest BCUT2D eigenvalue weighted by atomic mass is 10.0. The largest absolute Gasteiger partial charge is 0.389 e. The second-order valence-electron chi connectivity index (χ2n) is 5.41. The van der Waals surface area contributed by atoms with Crippen molar-refractivity contribution in [2.24, 2.45) is 5.92 Å². The van der Waals surface area contributed by atoms with Crippen LogP contribution in [0.5, 0.6) is 0 Å². The van der Waals surface area contributed by atoms with Gasteiger partial charge >= 0.3 is 0 Å². The molecule has 4 nitrogen and oxygen atoms in total. The molecule has 0 bridgehead atoms. The van der Waals surface area contributed by atoms with Gasteiger partial charge < -0.3 is 5.11 Å². The highest BCUT2D eigenvalue weighted by Crippen LogP contribution is 2.33. The van der Waals surface area contributed by atoms with Gasteiger partial charge in [0.2, 0.25) is 10.0 Å². The number of hydrogen-bond acceptors (Lipinski definition) is 3. The van der Waals surface area contributed by atoms with Crippen LogP contribution >= 0.6 is 0 Å². The maximum absolute atomic E-state index is 11.9. The number of nitrogens with zero attached hydrogens (tertiary/aromatic N) is 1. The van der Waals surface area contributed by atoms with Crippen LogP contribution in [0.15, 0.2) is 0 Å². The molecule has 2 rings (SSSR count). The predicted octanol–water partition coefficient (Wildman–Crippen LogP) is 0.963. The zero-order valence-electron chi connectivity index (χ0n) is 9.85. The molecule has 0 radical (unpaired) electrons. The normalized spacial score (nSPS) is 25.2. The molecule has 0 aliphatic heterocycles. The van der Waals surface area contributed by atoms with Crippen LogP contribution in [0.3, 0.4) is 0 Å². The second kappa shape index (κ2) is 4.27. The summed E-state index contributed by atoms with van der Waals surface area (Å²) < 4.78 is 25.2. The standard InChI is InChI=1S/C11H21NO3S/c1-12(9-11(13)6-2-3-7-11)16(14,15)8-10-4-5-10/h10,13H,2-9H2,1H3. The summed E-state index contributed by atoms with van der Waals surface area (Å²) in [5, 5.41) is 10.2. The highest BCUT2D eigenvalue weighted by Gasteiger charge is 2.37. The quantitative estimate of drug-likeness (QED) is 0.787. The van der Waals surface area contributed by atoms with E-state index in [-0.39, 0.29) is 12.3 Å². The van der Waals surface area contributed by atoms with Gasteiger partial charge in [0, 0.05) is 13.6 Å². The van der Waals surface area contributed by atoms with E-state index in [9.17, 15) is 13.5 Å². The summed E-state index contributed by atoms with van der Waals surface area (Å²) >= 11 is 0. The maximum atomic E-state index is 11.9. The third-order valence-electron chi connectivity index (χ3n) is 3.67. The third-order valence-corrected chi connectivity index (χ3v) is 5.64. The molecule has 5 heteroatoms. The van der Waals surface area contributed by atoms with Gasteiger partial charge in [-0.25, -0.2) is 12.7 Å². The van der Waals surface area contributed by atoms with Crippen molar-refractivity contribution in [2.75, 3.05) is 19.3 Å². The van der Waals surface area contributed by atoms with Crippen LogP contribution in [-0.4, -0.2) is 42.8 Å². The van der Waals surface area contributed by atoms with E-state index in [1.165, 1.54) is 4.31 Å². The lowest BCUT2D eigenvalue weighted by molar-refractivity contribution is 0.0333. The van der Waals surface area contributed by atoms with Crippen molar-refractivity contribution >= 4 is 10.0 Å². The van der Waals surface area contributed by atoms with E-state index in [2.05, 4.69) is 0 Å². The minimum Gasteiger partial charge on any atom is -0.389 e. The molecule has 0 aromatic heterocycles. The molecular weight excluding hydrogens is 226 g/mol. The molecule has 0 aromatic carbocycles. The number of aliphatic hydroxyl groups is 1. The smallest absolute Gasteiger partial charge is 0.214 e. The summed E-state index contributed by atoms with van der Waals surface area (Å²) in [5.41, 5.74) is -0.772. The fourth-order valence-electron chi connectivity index (χ4n) is 2.41. The van der Waals surface area contributed by atoms with Crippen molar-refractivity contribution in [3.05, 3.63) is 0 Å². The van der Waals surface area contributed by atoms with Crippen molar-refractivity contribution in [3.8, 4) is 0 Å². The lowest BCUT2D eigenvalue weighted by Crippen LogP contribution is -2.43. The molecule has 1 N–H and O–H groups in total. The number of likely N-dealkylation sites (N-methyl/N-ethyl adjacent to an activating group) is 1. The Morgan fingerprint density at radius 1 is 1.31 bits per heavy atom. The zero-order valence-corrected chi connectivity index (χ0v) is 10.7. The van der Waals surface area contributed by atoms with Gasteiger partial charge in [-0.3, -0.25) is 0 Å². The van der Waals surface area contributed by atoms with Gasteiger partial charge in [0.25, 0.3) is 0 Å². The lowest BCUT2D eigenvalue weighted by Gasteiger charge is -2.28. The molecule has 2 aliphatic rings. The average Bonchev–Trinajstić information content (AvgIpc) is 2.87. The van der Waals surface area contributed by atoms with Crippen LogP contribution in [0, 0.1) is 5.92 Å². The SMILES string of the molecule is CN(CC1(O)CCCC1)S(=O)(=O)CC1CC1. The first-order valence-electron chi connectivity index (χ1n) is 6.08. The minimum atomic E-state index is -3.15. The molecule has 0 saturated heterocycles. The Hall–Kier alpha value is -0.130. The van der Waals surface area contributed by atoms with E-state index in [0.29, 0.717) is 5.92 Å². The van der Waals surface area contributed by atoms with Gasteiger partial charge in [-0.1, -0.05) is 12.8 Å². The average molecular weight is 247 g/mol. The van der Waals surface area contributed by atoms with Crippen LogP contribution in [-0.2, 0) is 10.0 Å². The first-order valence-corrected chi connectivity index (χ1v) is 7.69. The molecule has 2 aliphatic carbocycles. The zero-order chi connectivity index (χ0) is 11.8. The van der Waals surface area contributed by atoms with Crippen molar-refractivity contribution in [2.45, 2.75) is 44.1 Å². The van der Waals surface area contributed by atoms with Crippen LogP contribution < -0.4 is 0 Å². The Morgan fingerprint density at radius 2 is 1.88 bits per heavy atom. The maximum Gasteiger partial charge on any atom is 0.214 e. The van der Waals surface area contributed by atoms with E-state index in [1.807, 2.05) is 0 Å². The Balaban J connectivity index is 1.92. The van der Waals surface area contributed by atoms with Crippen LogP contribution in [0.25, 0.3) is 0 Å². The molecule has 94 valence electrons. The van der Waals surface area contributed by atoms with Gasteiger partial charge in [0.05, 0.1) is 11.4 Å². The van der Waals surface area contributed by atoms with Gasteiger partial charge in [0.1, 0.15) is 0 Å². The van der Waals surface area contributed by atoms with E-state index in [0.717, 1.165) is 38.5 Å². The second-order valence-corrected chi connectivity index (χ2v) is 7.53. The molecule has 16 heavy (non-hydrogen) atoms. The topological polar surface area (TPSA) is 57.6 Å². The van der Waals surface area contributed by atoms with Crippen LogP contribution in [0.4, 0.5) is 0 Å². The highest BCUT2D eigenvalue weighted by molar-refractivity contribution is 7.89. The Morgan fingerprint density at radius 3 is 2.38 bits per heavy atom. The summed E-state index contributed by atoms with van der Waals surface area (Å²) in [6, 6.07) is 0. The fourth-order valence-corrected chi connectivity index (χ4v) is 4.03. The molecule has 0 spiro atoms. The molecule has 0 amide bonds. The monoisotopic (exact) mass is 247 g/mol. The van der Waals surface area contributed by atoms with Gasteiger partial charge in [-0.15, -0.1) is 0 Å². The van der Waals surface area contributed by atoms with Crippen LogP contribution in [0.1, 0.15) is 38.5 Å². The summed E-state index contributed by atoms with van der Waals surface area (Å²) in [6.07, 6.45) is 5.56. The van der Waals surface area contributed by atoms with Gasteiger partial charge in [-0.05, 0) is 31.6 Å². The van der Waals surface area contributed by atoms with Gasteiger partial charge in [0.15, 0.2) is 0 Å². The first-order chi connectivity index (χ1) is 7.41. The first kappa shape index (κ1) is 12.3. The van der Waals surface area contributed by atoms with Gasteiger partial charge in [-0.2, -0.15) is 0 Å². The van der Waals surface area contributed by atoms with Crippen molar-refractivity contribution in [1.29, 1.82) is 0 Å². The molecule has 2 saturated carbocycles. The van der Waals surface area contributed by atoms with Crippen molar-refractivity contribution in [3.63, 3.8) is 0 Å². The summed E-state index contributed by atoms with van der Waals surface area (Å²) in [7, 11) is -1.56. The molecule has 0 heterocycles.